The van der Waals surface area contributed by atoms with Crippen molar-refractivity contribution in [3.63, 3.8) is 0 Å². The highest BCUT2D eigenvalue weighted by Crippen LogP contribution is 2.09. The van der Waals surface area contributed by atoms with Gasteiger partial charge < -0.3 is 9.67 Å². The molecule has 0 aliphatic heterocycles. The quantitative estimate of drug-likeness (QED) is 0.768. The molecule has 1 N–H and O–H groups in total. The molecule has 0 radical (unpaired) electrons. The van der Waals surface area contributed by atoms with Gasteiger partial charge in [0.2, 0.25) is 0 Å². The molecule has 0 spiro atoms. The van der Waals surface area contributed by atoms with E-state index in [0.717, 1.165) is 17.8 Å². The summed E-state index contributed by atoms with van der Waals surface area (Å²) in [4.78, 5) is 4.16. The number of nitrogens with zero attached hydrogens (tertiary/aromatic N) is 2. The SMILES string of the molecule is CC/C=C\C(=C/C(C)O)n1cnc(C)c1. The monoisotopic (exact) mass is 206 g/mol. The topological polar surface area (TPSA) is 38.0 Å². The Labute approximate surface area is 90.8 Å². The summed E-state index contributed by atoms with van der Waals surface area (Å²) in [5, 5.41) is 9.35. The molecule has 1 aromatic heterocycles. The summed E-state index contributed by atoms with van der Waals surface area (Å²) in [6.07, 6.45) is 10.1. The summed E-state index contributed by atoms with van der Waals surface area (Å²) < 4.78 is 1.91. The summed E-state index contributed by atoms with van der Waals surface area (Å²) in [6.45, 7) is 5.76. The Balaban J connectivity index is 2.96. The third kappa shape index (κ3) is 3.72. The van der Waals surface area contributed by atoms with Crippen molar-refractivity contribution in [2.75, 3.05) is 0 Å². The Bertz CT molecular complexity index is 361. The fraction of sp³-hybridized carbons (Fsp3) is 0.417. The van der Waals surface area contributed by atoms with E-state index < -0.39 is 6.10 Å². The third-order valence-electron chi connectivity index (χ3n) is 1.95. The van der Waals surface area contributed by atoms with Crippen LogP contribution in [0.5, 0.6) is 0 Å². The number of hydrogen-bond donors (Lipinski definition) is 1. The van der Waals surface area contributed by atoms with Gasteiger partial charge in [-0.25, -0.2) is 4.98 Å². The van der Waals surface area contributed by atoms with Gasteiger partial charge >= 0.3 is 0 Å². The van der Waals surface area contributed by atoms with Gasteiger partial charge in [-0.2, -0.15) is 0 Å². The van der Waals surface area contributed by atoms with Gasteiger partial charge in [-0.05, 0) is 32.4 Å². The number of imidazole rings is 1. The maximum atomic E-state index is 9.35. The predicted octanol–water partition coefficient (Wildman–Crippen LogP) is 2.38. The van der Waals surface area contributed by atoms with Gasteiger partial charge in [-0.3, -0.25) is 0 Å². The first kappa shape index (κ1) is 11.7. The molecule has 0 fully saturated rings. The maximum Gasteiger partial charge on any atom is 0.0994 e. The van der Waals surface area contributed by atoms with E-state index in [1.165, 1.54) is 0 Å². The van der Waals surface area contributed by atoms with Crippen molar-refractivity contribution in [1.29, 1.82) is 0 Å². The molecular formula is C12H18N2O. The van der Waals surface area contributed by atoms with Crippen molar-refractivity contribution in [2.24, 2.45) is 0 Å². The first-order valence-corrected chi connectivity index (χ1v) is 5.21. The van der Waals surface area contributed by atoms with Gasteiger partial charge in [0.25, 0.3) is 0 Å². The van der Waals surface area contributed by atoms with E-state index in [2.05, 4.69) is 18.0 Å². The Kier molecular flexibility index (Phi) is 4.31. The lowest BCUT2D eigenvalue weighted by Crippen LogP contribution is -1.99. The van der Waals surface area contributed by atoms with Gasteiger partial charge in [0.05, 0.1) is 18.1 Å². The van der Waals surface area contributed by atoms with Crippen LogP contribution in [0.2, 0.25) is 0 Å². The lowest BCUT2D eigenvalue weighted by molar-refractivity contribution is 0.244. The van der Waals surface area contributed by atoms with Gasteiger partial charge in [-0.1, -0.05) is 13.0 Å². The molecular weight excluding hydrogens is 188 g/mol. The van der Waals surface area contributed by atoms with E-state index in [-0.39, 0.29) is 0 Å². The van der Waals surface area contributed by atoms with E-state index in [1.54, 1.807) is 19.3 Å². The van der Waals surface area contributed by atoms with Crippen LogP contribution in [0.25, 0.3) is 5.70 Å². The summed E-state index contributed by atoms with van der Waals surface area (Å²) in [6, 6.07) is 0. The number of aliphatic hydroxyl groups excluding tert-OH is 1. The molecule has 3 heteroatoms. The van der Waals surface area contributed by atoms with Crippen molar-refractivity contribution in [2.45, 2.75) is 33.3 Å². The minimum atomic E-state index is -0.454. The first-order valence-electron chi connectivity index (χ1n) is 5.21. The molecule has 3 nitrogen and oxygen atoms in total. The summed E-state index contributed by atoms with van der Waals surface area (Å²) in [7, 11) is 0. The van der Waals surface area contributed by atoms with Gasteiger partial charge in [0.1, 0.15) is 0 Å². The highest BCUT2D eigenvalue weighted by molar-refractivity contribution is 5.57. The standard InChI is InChI=1S/C12H18N2O/c1-4-5-6-12(7-11(3)15)14-8-10(2)13-9-14/h5-9,11,15H,4H2,1-3H3/b6-5-,12-7+. The Hall–Kier alpha value is -1.35. The molecule has 1 heterocycles. The van der Waals surface area contributed by atoms with Crippen molar-refractivity contribution in [1.82, 2.24) is 9.55 Å². The smallest absolute Gasteiger partial charge is 0.0994 e. The molecule has 1 unspecified atom stereocenters. The van der Waals surface area contributed by atoms with E-state index in [1.807, 2.05) is 23.8 Å². The zero-order valence-corrected chi connectivity index (χ0v) is 9.51. The van der Waals surface area contributed by atoms with Crippen molar-refractivity contribution < 1.29 is 5.11 Å². The second-order valence-corrected chi connectivity index (χ2v) is 3.57. The lowest BCUT2D eigenvalue weighted by Gasteiger charge is -2.04. The second-order valence-electron chi connectivity index (χ2n) is 3.57. The number of aromatic nitrogens is 2. The van der Waals surface area contributed by atoms with Gasteiger partial charge in [0, 0.05) is 11.9 Å². The summed E-state index contributed by atoms with van der Waals surface area (Å²) in [5.41, 5.74) is 1.92. The molecule has 0 amide bonds. The van der Waals surface area contributed by atoms with Crippen LogP contribution in [0.3, 0.4) is 0 Å². The largest absolute Gasteiger partial charge is 0.389 e. The minimum Gasteiger partial charge on any atom is -0.389 e. The molecule has 1 aromatic rings. The highest BCUT2D eigenvalue weighted by atomic mass is 16.3. The van der Waals surface area contributed by atoms with Crippen LogP contribution >= 0.6 is 0 Å². The van der Waals surface area contributed by atoms with Crippen LogP contribution in [-0.2, 0) is 0 Å². The fourth-order valence-corrected chi connectivity index (χ4v) is 1.28. The van der Waals surface area contributed by atoms with Crippen molar-refractivity contribution in [3.8, 4) is 0 Å². The molecule has 0 saturated heterocycles. The molecule has 82 valence electrons. The maximum absolute atomic E-state index is 9.35. The molecule has 1 atom stereocenters. The van der Waals surface area contributed by atoms with Crippen LogP contribution < -0.4 is 0 Å². The molecule has 15 heavy (non-hydrogen) atoms. The number of allylic oxidation sites excluding steroid dienone is 3. The molecule has 0 aliphatic rings. The van der Waals surface area contributed by atoms with E-state index in [0.29, 0.717) is 0 Å². The highest BCUT2D eigenvalue weighted by Gasteiger charge is 1.99. The zero-order valence-electron chi connectivity index (χ0n) is 9.51. The van der Waals surface area contributed by atoms with Gasteiger partial charge in [0.15, 0.2) is 0 Å². The number of aliphatic hydroxyl groups is 1. The van der Waals surface area contributed by atoms with E-state index >= 15 is 0 Å². The molecule has 1 rings (SSSR count). The van der Waals surface area contributed by atoms with E-state index in [9.17, 15) is 5.11 Å². The zero-order chi connectivity index (χ0) is 11.3. The molecule has 0 saturated carbocycles. The van der Waals surface area contributed by atoms with Crippen LogP contribution in [0.15, 0.2) is 30.8 Å². The average Bonchev–Trinajstić information content (AvgIpc) is 2.58. The van der Waals surface area contributed by atoms with E-state index in [4.69, 9.17) is 0 Å². The number of rotatable bonds is 4. The van der Waals surface area contributed by atoms with Crippen molar-refractivity contribution >= 4 is 5.70 Å². The second kappa shape index (κ2) is 5.51. The van der Waals surface area contributed by atoms with Crippen LogP contribution in [0, 0.1) is 6.92 Å². The predicted molar refractivity (Wildman–Crippen MR) is 62.3 cm³/mol. The Morgan fingerprint density at radius 1 is 1.67 bits per heavy atom. The van der Waals surface area contributed by atoms with Crippen molar-refractivity contribution in [3.05, 3.63) is 36.4 Å². The lowest BCUT2D eigenvalue weighted by atomic mass is 10.2. The first-order chi connectivity index (χ1) is 7.13. The number of aryl methyl sites for hydroxylation is 1. The van der Waals surface area contributed by atoms with Gasteiger partial charge in [-0.15, -0.1) is 0 Å². The molecule has 0 bridgehead atoms. The Morgan fingerprint density at radius 3 is 2.87 bits per heavy atom. The molecule has 0 aliphatic carbocycles. The van der Waals surface area contributed by atoms with Crippen LogP contribution in [-0.4, -0.2) is 20.8 Å². The van der Waals surface area contributed by atoms with Crippen LogP contribution in [0.4, 0.5) is 0 Å². The summed E-state index contributed by atoms with van der Waals surface area (Å²) in [5.74, 6) is 0. The fourth-order valence-electron chi connectivity index (χ4n) is 1.28. The van der Waals surface area contributed by atoms with Crippen LogP contribution in [0.1, 0.15) is 26.0 Å². The third-order valence-corrected chi connectivity index (χ3v) is 1.95. The normalized spacial score (nSPS) is 14.8. The summed E-state index contributed by atoms with van der Waals surface area (Å²) >= 11 is 0. The minimum absolute atomic E-state index is 0.454. The molecule has 0 aromatic carbocycles. The average molecular weight is 206 g/mol. The number of hydrogen-bond acceptors (Lipinski definition) is 2. The Morgan fingerprint density at radius 2 is 2.40 bits per heavy atom.